The molecular weight excluding hydrogens is 296 g/mol. The topological polar surface area (TPSA) is 0 Å². The first-order valence-electron chi connectivity index (χ1n) is 0.338. The summed E-state index contributed by atoms with van der Waals surface area (Å²) in [5, 5.41) is 0. The summed E-state index contributed by atoms with van der Waals surface area (Å²) in [6, 6.07) is 0. The van der Waals surface area contributed by atoms with Crippen molar-refractivity contribution in [2.45, 2.75) is 0 Å². The first-order valence-corrected chi connectivity index (χ1v) is 6.51. The molecule has 0 unspecified atom stereocenters. The molecule has 0 aromatic heterocycles. The maximum absolute atomic E-state index is 4.77. The van der Waals surface area contributed by atoms with E-state index in [2.05, 4.69) is 27.7 Å². The van der Waals surface area contributed by atoms with E-state index in [-0.39, 0.29) is 0 Å². The summed E-state index contributed by atoms with van der Waals surface area (Å²) in [4.78, 5) is 0. The molecule has 0 spiro atoms. The Bertz CT molecular complexity index is 6.00. The molecule has 0 nitrogen and oxygen atoms in total. The Kier molecular flexibility index (Phi) is 46.4. The van der Waals surface area contributed by atoms with Crippen molar-refractivity contribution in [1.82, 2.24) is 0 Å². The van der Waals surface area contributed by atoms with E-state index in [1.54, 1.807) is 0 Å². The van der Waals surface area contributed by atoms with Crippen molar-refractivity contribution in [2.24, 2.45) is 0 Å². The van der Waals surface area contributed by atoms with E-state index in [0.717, 1.165) is 21.4 Å². The third kappa shape index (κ3) is 8.97. The van der Waals surface area contributed by atoms with Crippen LogP contribution in [0.3, 0.4) is 0 Å². The van der Waals surface area contributed by atoms with Gasteiger partial charge in [-0.2, -0.15) is 0 Å². The van der Waals surface area contributed by atoms with E-state index >= 15 is 0 Å². The number of hydrogen-bond acceptors (Lipinski definition) is 0. The van der Waals surface area contributed by atoms with Crippen LogP contribution in [0.4, 0.5) is 0 Å². The van der Waals surface area contributed by atoms with Crippen molar-refractivity contribution < 1.29 is 18.2 Å². The molecular formula is HCl2PdSn. The van der Waals surface area contributed by atoms with Crippen molar-refractivity contribution in [1.29, 1.82) is 0 Å². The van der Waals surface area contributed by atoms with Crippen LogP contribution in [0.15, 0.2) is 0 Å². The Labute approximate surface area is 57.4 Å². The summed E-state index contributed by atoms with van der Waals surface area (Å²) in [6.07, 6.45) is 0. The van der Waals surface area contributed by atoms with E-state index in [1.165, 1.54) is 0 Å². The molecule has 0 aromatic carbocycles. The predicted octanol–water partition coefficient (Wildman–Crippen LogP) is 0.728. The van der Waals surface area contributed by atoms with Gasteiger partial charge in [0.25, 0.3) is 0 Å². The average molecular weight is 297 g/mol. The molecule has 0 aliphatic rings. The number of hydrogen-bond donors (Lipinski definition) is 0. The Hall–Kier alpha value is 2.04. The fourth-order valence-electron chi connectivity index (χ4n) is 0. The molecule has 0 saturated carbocycles. The van der Waals surface area contributed by atoms with Gasteiger partial charge in [0.2, 0.25) is 0 Å². The standard InChI is InChI=1S/2ClH.Pd.Sn.H/h2*1H;;;/q;;2*+1;/p-2. The van der Waals surface area contributed by atoms with Gasteiger partial charge in [0.15, 0.2) is 0 Å². The van der Waals surface area contributed by atoms with Crippen molar-refractivity contribution in [3.8, 4) is 0 Å². The van der Waals surface area contributed by atoms with Gasteiger partial charge in [-0.1, -0.05) is 0 Å². The van der Waals surface area contributed by atoms with Crippen LogP contribution in [0.5, 0.6) is 0 Å². The summed E-state index contributed by atoms with van der Waals surface area (Å²) in [6.45, 7) is 0. The Morgan fingerprint density at radius 3 is 1.25 bits per heavy atom. The molecule has 2 radical (unpaired) electrons. The quantitative estimate of drug-likeness (QED) is 0.578. The van der Waals surface area contributed by atoms with Crippen LogP contribution in [0.2, 0.25) is 0 Å². The molecule has 0 N–H and O–H groups in total. The van der Waals surface area contributed by atoms with Crippen LogP contribution >= 0.6 is 18.5 Å². The van der Waals surface area contributed by atoms with Crippen LogP contribution in [0.1, 0.15) is 0 Å². The molecule has 0 heterocycles. The van der Waals surface area contributed by atoms with Gasteiger partial charge >= 0.3 is 58.0 Å². The minimum atomic E-state index is 0.822. The van der Waals surface area contributed by atoms with Crippen molar-refractivity contribution in [2.75, 3.05) is 0 Å². The Balaban J connectivity index is 0. The van der Waals surface area contributed by atoms with Crippen LogP contribution in [-0.2, 0) is 18.2 Å². The molecule has 0 aliphatic carbocycles. The minimum absolute atomic E-state index is 0.822. The third-order valence-electron chi connectivity index (χ3n) is 0. The number of halogens is 2. The molecule has 0 bridgehead atoms. The first-order chi connectivity index (χ1) is 2.00. The van der Waals surface area contributed by atoms with Crippen LogP contribution in [0.25, 0.3) is 0 Å². The predicted molar refractivity (Wildman–Crippen MR) is 18.9 cm³/mol. The van der Waals surface area contributed by atoms with E-state index < -0.39 is 0 Å². The van der Waals surface area contributed by atoms with Gasteiger partial charge in [0.1, 0.15) is 0 Å². The van der Waals surface area contributed by atoms with Gasteiger partial charge in [0.05, 0.1) is 0 Å². The molecule has 4 heteroatoms. The zero-order valence-corrected chi connectivity index (χ0v) is 8.01. The summed E-state index contributed by atoms with van der Waals surface area (Å²) < 4.78 is 0. The first kappa shape index (κ1) is 9.40. The molecule has 4 heavy (non-hydrogen) atoms. The molecule has 29 valence electrons. The summed E-state index contributed by atoms with van der Waals surface area (Å²) in [5.74, 6) is 0. The maximum atomic E-state index is 4.77. The van der Waals surface area contributed by atoms with E-state index in [9.17, 15) is 0 Å². The van der Waals surface area contributed by atoms with Gasteiger partial charge < -0.3 is 0 Å². The fraction of sp³-hybridized carbons (Fsp3) is 0. The van der Waals surface area contributed by atoms with Crippen molar-refractivity contribution in [3.05, 3.63) is 0 Å². The van der Waals surface area contributed by atoms with Gasteiger partial charge in [-0.05, 0) is 0 Å². The molecule has 0 aliphatic heterocycles. The van der Waals surface area contributed by atoms with Gasteiger partial charge in [0, 0.05) is 0 Å². The van der Waals surface area contributed by atoms with Gasteiger partial charge in [-0.25, -0.2) is 0 Å². The SMILES string of the molecule is [Cl][Pd].[Cl][SnH]. The second kappa shape index (κ2) is 19.8. The normalized spacial score (nSPS) is 3.25. The van der Waals surface area contributed by atoms with Crippen LogP contribution < -0.4 is 0 Å². The molecule has 0 amide bonds. The molecule has 0 atom stereocenters. The Morgan fingerprint density at radius 1 is 1.25 bits per heavy atom. The van der Waals surface area contributed by atoms with E-state index in [4.69, 9.17) is 8.92 Å². The van der Waals surface area contributed by atoms with Gasteiger partial charge in [-0.3, -0.25) is 0 Å². The van der Waals surface area contributed by atoms with Crippen LogP contribution in [-0.4, -0.2) is 21.4 Å². The van der Waals surface area contributed by atoms with Gasteiger partial charge in [-0.15, -0.1) is 0 Å². The Morgan fingerprint density at radius 2 is 1.25 bits per heavy atom. The molecule has 0 fully saturated rings. The zero-order valence-electron chi connectivity index (χ0n) is 1.65. The fourth-order valence-corrected chi connectivity index (χ4v) is 0. The monoisotopic (exact) mass is 297 g/mol. The molecule has 0 saturated heterocycles. The second-order valence-corrected chi connectivity index (χ2v) is 0. The van der Waals surface area contributed by atoms with Crippen molar-refractivity contribution >= 4 is 39.8 Å². The molecule has 0 rings (SSSR count). The third-order valence-corrected chi connectivity index (χ3v) is 0. The zero-order chi connectivity index (χ0) is 4.00. The summed E-state index contributed by atoms with van der Waals surface area (Å²) in [7, 11) is 9.26. The second-order valence-electron chi connectivity index (χ2n) is 0. The van der Waals surface area contributed by atoms with E-state index in [0.29, 0.717) is 0 Å². The molecule has 0 aromatic rings. The average Bonchev–Trinajstić information content (AvgIpc) is 1.50. The van der Waals surface area contributed by atoms with Crippen LogP contribution in [0, 0.1) is 0 Å². The van der Waals surface area contributed by atoms with Crippen molar-refractivity contribution in [3.63, 3.8) is 0 Å². The number of rotatable bonds is 0. The summed E-state index contributed by atoms with van der Waals surface area (Å²) in [5.41, 5.74) is 0. The van der Waals surface area contributed by atoms with E-state index in [1.807, 2.05) is 0 Å². The summed E-state index contributed by atoms with van der Waals surface area (Å²) >= 11 is 3.04.